The molecule has 2 saturated heterocycles. The van der Waals surface area contributed by atoms with Crippen molar-refractivity contribution in [2.24, 2.45) is 0 Å². The Labute approximate surface area is 217 Å². The van der Waals surface area contributed by atoms with Gasteiger partial charge in [0.05, 0.1) is 12.3 Å². The molecule has 0 atom stereocenters. The summed E-state index contributed by atoms with van der Waals surface area (Å²) in [6, 6.07) is 9.42. The molecule has 36 heavy (non-hydrogen) atoms. The molecule has 196 valence electrons. The third-order valence-corrected chi connectivity index (χ3v) is 9.53. The number of carbonyl (C=O) groups is 1. The van der Waals surface area contributed by atoms with Gasteiger partial charge >= 0.3 is 11.6 Å². The molecule has 0 aliphatic carbocycles. The number of ether oxygens (including phenoxy) is 1. The van der Waals surface area contributed by atoms with Gasteiger partial charge in [0.25, 0.3) is 0 Å². The first-order valence-electron chi connectivity index (χ1n) is 11.3. The quantitative estimate of drug-likeness (QED) is 0.411. The van der Waals surface area contributed by atoms with E-state index >= 15 is 0 Å². The third-order valence-electron chi connectivity index (χ3n) is 6.55. The van der Waals surface area contributed by atoms with Crippen molar-refractivity contribution < 1.29 is 31.1 Å². The number of hydrogen-bond acceptors (Lipinski definition) is 5. The number of rotatable bonds is 6. The Morgan fingerprint density at radius 3 is 2.33 bits per heavy atom. The number of nitrogens with zero attached hydrogens (tertiary/aromatic N) is 2. The van der Waals surface area contributed by atoms with Crippen LogP contribution in [0.3, 0.4) is 0 Å². The largest absolute Gasteiger partial charge is 0.446 e. The zero-order valence-corrected chi connectivity index (χ0v) is 22.2. The minimum atomic E-state index is -4.36. The lowest BCUT2D eigenvalue weighted by Crippen LogP contribution is -2.48. The maximum absolute atomic E-state index is 13.1. The first-order chi connectivity index (χ1) is 16.8. The molecule has 1 spiro atoms. The molecule has 2 fully saturated rings. The van der Waals surface area contributed by atoms with E-state index in [1.165, 1.54) is 21.3 Å². The van der Waals surface area contributed by atoms with Crippen LogP contribution in [0, 0.1) is 13.8 Å². The number of piperidine rings is 1. The molecule has 2 aromatic carbocycles. The van der Waals surface area contributed by atoms with Crippen molar-refractivity contribution in [1.29, 1.82) is 0 Å². The van der Waals surface area contributed by atoms with Crippen molar-refractivity contribution in [3.05, 3.63) is 63.7 Å². The number of thioether (sulfide) groups is 1. The molecule has 2 aromatic rings. The molecule has 0 N–H and O–H groups in total. The van der Waals surface area contributed by atoms with Crippen molar-refractivity contribution in [3.8, 4) is 0 Å². The van der Waals surface area contributed by atoms with Gasteiger partial charge in [0.15, 0.2) is 0 Å². The topological polar surface area (TPSA) is 66.9 Å². The number of hydrogen-bond donors (Lipinski definition) is 0. The van der Waals surface area contributed by atoms with E-state index in [0.29, 0.717) is 35.5 Å². The van der Waals surface area contributed by atoms with E-state index in [-0.39, 0.29) is 42.0 Å². The van der Waals surface area contributed by atoms with Gasteiger partial charge in [-0.3, -0.25) is 4.90 Å². The minimum absolute atomic E-state index is 0.0734. The number of sulfonamides is 1. The molecular formula is C24H26ClF3N2O4S2. The van der Waals surface area contributed by atoms with Gasteiger partial charge < -0.3 is 4.74 Å². The van der Waals surface area contributed by atoms with E-state index in [1.807, 2.05) is 13.8 Å². The Bertz CT molecular complexity index is 1250. The zero-order chi connectivity index (χ0) is 26.3. The van der Waals surface area contributed by atoms with E-state index in [4.69, 9.17) is 16.3 Å². The maximum Gasteiger partial charge on any atom is 0.446 e. The lowest BCUT2D eigenvalue weighted by Gasteiger charge is -2.36. The third kappa shape index (κ3) is 6.30. The monoisotopic (exact) mass is 562 g/mol. The molecule has 0 bridgehead atoms. The summed E-state index contributed by atoms with van der Waals surface area (Å²) < 4.78 is 70.9. The molecule has 1 amide bonds. The Hall–Kier alpha value is -1.95. The molecule has 0 unspecified atom stereocenters. The van der Waals surface area contributed by atoms with Crippen molar-refractivity contribution in [2.45, 2.75) is 55.0 Å². The van der Waals surface area contributed by atoms with Gasteiger partial charge in [-0.1, -0.05) is 29.8 Å². The first kappa shape index (κ1) is 27.1. The number of halogens is 4. The van der Waals surface area contributed by atoms with Crippen LogP contribution in [0.2, 0.25) is 5.02 Å². The second-order valence-electron chi connectivity index (χ2n) is 9.28. The average Bonchev–Trinajstić information content (AvgIpc) is 3.06. The zero-order valence-electron chi connectivity index (χ0n) is 19.8. The summed E-state index contributed by atoms with van der Waals surface area (Å²) in [4.78, 5) is 14.1. The normalized spacial score (nSPS) is 18.6. The molecule has 4 rings (SSSR count). The van der Waals surface area contributed by atoms with E-state index in [2.05, 4.69) is 0 Å². The summed E-state index contributed by atoms with van der Waals surface area (Å²) in [5.41, 5.74) is -2.12. The molecule has 0 saturated carbocycles. The number of carbonyl (C=O) groups excluding carboxylic acids is 1. The number of aryl methyl sites for hydroxylation is 2. The molecule has 2 aliphatic rings. The number of amides is 1. The van der Waals surface area contributed by atoms with Crippen molar-refractivity contribution in [1.82, 2.24) is 9.21 Å². The van der Waals surface area contributed by atoms with Crippen LogP contribution in [-0.2, 0) is 27.1 Å². The summed E-state index contributed by atoms with van der Waals surface area (Å²) in [6.07, 6.45) is 0.231. The summed E-state index contributed by atoms with van der Waals surface area (Å²) >= 11 is 5.94. The fourth-order valence-electron chi connectivity index (χ4n) is 4.55. The average molecular weight is 563 g/mol. The molecule has 12 heteroatoms. The van der Waals surface area contributed by atoms with Crippen LogP contribution < -0.4 is 0 Å². The van der Waals surface area contributed by atoms with E-state index in [9.17, 15) is 26.4 Å². The lowest BCUT2D eigenvalue weighted by molar-refractivity contribution is -0.0328. The Kier molecular flexibility index (Phi) is 7.58. The van der Waals surface area contributed by atoms with Gasteiger partial charge in [-0.05, 0) is 66.1 Å². The van der Waals surface area contributed by atoms with Gasteiger partial charge in [0.1, 0.15) is 5.60 Å². The fraction of sp³-hybridized carbons (Fsp3) is 0.458. The number of alkyl halides is 3. The lowest BCUT2D eigenvalue weighted by atomic mass is 9.92. The second kappa shape index (κ2) is 10.1. The van der Waals surface area contributed by atoms with E-state index in [1.54, 1.807) is 24.3 Å². The molecule has 0 radical (unpaired) electrons. The van der Waals surface area contributed by atoms with E-state index in [0.717, 1.165) is 11.1 Å². The van der Waals surface area contributed by atoms with Gasteiger partial charge in [0.2, 0.25) is 10.0 Å². The van der Waals surface area contributed by atoms with E-state index < -0.39 is 27.2 Å². The SMILES string of the molecule is Cc1cc(CS(=O)(=O)N2CCC3(CC2)CN(Cc2ccc(SC(F)(F)F)cc2)C(=O)O3)c(C)cc1Cl. The highest BCUT2D eigenvalue weighted by atomic mass is 35.5. The van der Waals surface area contributed by atoms with Crippen LogP contribution in [0.25, 0.3) is 0 Å². The summed E-state index contributed by atoms with van der Waals surface area (Å²) in [5, 5.41) is 0.595. The van der Waals surface area contributed by atoms with Crippen LogP contribution in [0.5, 0.6) is 0 Å². The van der Waals surface area contributed by atoms with Crippen LogP contribution in [0.1, 0.15) is 35.1 Å². The van der Waals surface area contributed by atoms with Crippen LogP contribution in [0.4, 0.5) is 18.0 Å². The fourth-order valence-corrected chi connectivity index (χ4v) is 6.93. The van der Waals surface area contributed by atoms with Gasteiger partial charge in [0, 0.05) is 42.4 Å². The molecule has 2 aliphatic heterocycles. The smallest absolute Gasteiger partial charge is 0.441 e. The van der Waals surface area contributed by atoms with Crippen LogP contribution in [0.15, 0.2) is 41.3 Å². The Morgan fingerprint density at radius 2 is 1.72 bits per heavy atom. The molecular weight excluding hydrogens is 537 g/mol. The molecule has 0 aromatic heterocycles. The summed E-state index contributed by atoms with van der Waals surface area (Å²) in [7, 11) is -3.57. The van der Waals surface area contributed by atoms with Crippen LogP contribution >= 0.6 is 23.4 Å². The van der Waals surface area contributed by atoms with Gasteiger partial charge in [-0.2, -0.15) is 13.2 Å². The van der Waals surface area contributed by atoms with Gasteiger partial charge in [-0.25, -0.2) is 17.5 Å². The first-order valence-corrected chi connectivity index (χ1v) is 14.1. The maximum atomic E-state index is 13.1. The van der Waals surface area contributed by atoms with Crippen molar-refractivity contribution >= 4 is 39.5 Å². The van der Waals surface area contributed by atoms with Crippen molar-refractivity contribution in [2.75, 3.05) is 19.6 Å². The second-order valence-corrected chi connectivity index (χ2v) is 12.8. The highest BCUT2D eigenvalue weighted by Crippen LogP contribution is 2.38. The Balaban J connectivity index is 1.36. The van der Waals surface area contributed by atoms with Crippen molar-refractivity contribution in [3.63, 3.8) is 0 Å². The highest BCUT2D eigenvalue weighted by Gasteiger charge is 2.48. The van der Waals surface area contributed by atoms with Crippen LogP contribution in [-0.4, -0.2) is 54.5 Å². The Morgan fingerprint density at radius 1 is 1.08 bits per heavy atom. The standard InChI is InChI=1S/C24H26ClF3N2O4S2/c1-16-12-21(25)17(2)11-19(16)14-36(32,33)30-9-7-23(8-10-30)15-29(22(31)34-23)13-18-3-5-20(6-4-18)35-24(26,27)28/h3-6,11-12H,7-10,13-15H2,1-2H3. The predicted molar refractivity (Wildman–Crippen MR) is 132 cm³/mol. The number of benzene rings is 2. The van der Waals surface area contributed by atoms with Gasteiger partial charge in [-0.15, -0.1) is 0 Å². The minimum Gasteiger partial charge on any atom is -0.441 e. The predicted octanol–water partition coefficient (Wildman–Crippen LogP) is 5.89. The summed E-state index contributed by atoms with van der Waals surface area (Å²) in [5.74, 6) is -0.127. The molecule has 2 heterocycles. The summed E-state index contributed by atoms with van der Waals surface area (Å²) in [6.45, 7) is 4.63. The molecule has 6 nitrogen and oxygen atoms in total. The highest BCUT2D eigenvalue weighted by molar-refractivity contribution is 8.00.